The van der Waals surface area contributed by atoms with E-state index in [2.05, 4.69) is 0 Å². The Kier molecular flexibility index (Phi) is 14.4. The molecule has 1 atom stereocenters. The number of alkyl halides is 1. The van der Waals surface area contributed by atoms with Gasteiger partial charge in [0.2, 0.25) is 0 Å². The van der Waals surface area contributed by atoms with Crippen molar-refractivity contribution in [2.75, 3.05) is 35.0 Å². The van der Waals surface area contributed by atoms with Crippen LogP contribution in [0.25, 0.3) is 0 Å². The van der Waals surface area contributed by atoms with Gasteiger partial charge in [-0.15, -0.1) is 0 Å². The van der Waals surface area contributed by atoms with Crippen LogP contribution in [0.4, 0.5) is 4.39 Å². The summed E-state index contributed by atoms with van der Waals surface area (Å²) in [4.78, 5) is 22.1. The summed E-state index contributed by atoms with van der Waals surface area (Å²) in [5, 5.41) is 0. The van der Waals surface area contributed by atoms with E-state index in [9.17, 15) is 14.0 Å². The van der Waals surface area contributed by atoms with E-state index in [1.165, 1.54) is 0 Å². The molecule has 1 unspecified atom stereocenters. The smallest absolute Gasteiger partial charge is 0.188 e. The Morgan fingerprint density at radius 2 is 1.48 bits per heavy atom. The molecule has 2 rings (SSSR count). The van der Waals surface area contributed by atoms with Crippen molar-refractivity contribution in [2.24, 2.45) is 0 Å². The Morgan fingerprint density at radius 1 is 0.968 bits per heavy atom. The van der Waals surface area contributed by atoms with Crippen molar-refractivity contribution in [3.05, 3.63) is 59.7 Å². The lowest BCUT2D eigenvalue weighted by molar-refractivity contribution is -0.118. The molecular weight excluding hydrogens is 403 g/mol. The second-order valence-electron chi connectivity index (χ2n) is 6.53. The summed E-state index contributed by atoms with van der Waals surface area (Å²) in [5.41, 5.74) is 1.93. The van der Waals surface area contributed by atoms with Gasteiger partial charge in [0, 0.05) is 26.6 Å². The van der Waals surface area contributed by atoms with E-state index in [4.69, 9.17) is 20.3 Å². The highest BCUT2D eigenvalue weighted by molar-refractivity contribution is 5.83. The first-order chi connectivity index (χ1) is 15.3. The number of benzene rings is 2. The van der Waals surface area contributed by atoms with E-state index in [1.807, 2.05) is 55.5 Å². The molecule has 0 spiro atoms. The predicted molar refractivity (Wildman–Crippen MR) is 118 cm³/mol. The van der Waals surface area contributed by atoms with Gasteiger partial charge < -0.3 is 18.9 Å². The van der Waals surface area contributed by atoms with Gasteiger partial charge in [0.15, 0.2) is 13.6 Å². The van der Waals surface area contributed by atoms with E-state index in [-0.39, 0.29) is 31.1 Å². The normalized spacial score (nSPS) is 11.0. The van der Waals surface area contributed by atoms with Crippen LogP contribution in [0.5, 0.6) is 11.5 Å². The van der Waals surface area contributed by atoms with Gasteiger partial charge in [0.25, 0.3) is 0 Å². The second-order valence-corrected chi connectivity index (χ2v) is 6.53. The van der Waals surface area contributed by atoms with Crippen molar-refractivity contribution in [1.29, 1.82) is 0 Å². The number of ether oxygens (including phenoxy) is 4. The number of halogens is 1. The molecule has 0 aliphatic carbocycles. The zero-order valence-corrected chi connectivity index (χ0v) is 18.9. The number of methoxy groups -OCH3 is 2. The summed E-state index contributed by atoms with van der Waals surface area (Å²) >= 11 is 0. The lowest BCUT2D eigenvalue weighted by atomic mass is 9.98. The molecule has 0 aliphatic heterocycles. The number of ketones is 2. The van der Waals surface area contributed by atoms with Crippen LogP contribution < -0.4 is 9.47 Å². The molecule has 2 aromatic carbocycles. The number of carbonyl (C=O) groups excluding carboxylic acids is 2. The molecule has 7 heteroatoms. The Hall–Kier alpha value is -2.77. The molecule has 0 N–H and O–H groups in total. The van der Waals surface area contributed by atoms with Gasteiger partial charge in [0.1, 0.15) is 23.1 Å². The third-order valence-electron chi connectivity index (χ3n) is 4.01. The van der Waals surface area contributed by atoms with E-state index >= 15 is 0 Å². The van der Waals surface area contributed by atoms with Crippen molar-refractivity contribution in [3.8, 4) is 11.5 Å². The maximum absolute atomic E-state index is 11.2. The van der Waals surface area contributed by atoms with E-state index in [0.29, 0.717) is 6.42 Å². The monoisotopic (exact) mass is 437 g/mol. The van der Waals surface area contributed by atoms with Gasteiger partial charge in [-0.05, 0) is 49.2 Å². The zero-order chi connectivity index (χ0) is 24.4. The zero-order valence-electron chi connectivity index (χ0n) is 19.9. The molecule has 172 valence electrons. The summed E-state index contributed by atoms with van der Waals surface area (Å²) in [6.07, 6.45) is 0.449. The molecule has 0 saturated carbocycles. The first-order valence-electron chi connectivity index (χ1n) is 10.3. The van der Waals surface area contributed by atoms with Gasteiger partial charge in [-0.25, -0.2) is 0 Å². The van der Waals surface area contributed by atoms with Crippen molar-refractivity contribution >= 4 is 11.6 Å². The van der Waals surface area contributed by atoms with Gasteiger partial charge in [-0.3, -0.25) is 14.0 Å². The number of rotatable bonds is 10. The van der Waals surface area contributed by atoms with Gasteiger partial charge in [0.05, 0.1) is 8.52 Å². The summed E-state index contributed by atoms with van der Waals surface area (Å²) in [6, 6.07) is 15.0. The summed E-state index contributed by atoms with van der Waals surface area (Å²) < 4.78 is 35.6. The van der Waals surface area contributed by atoms with Crippen molar-refractivity contribution in [3.63, 3.8) is 0 Å². The van der Waals surface area contributed by atoms with E-state index in [1.54, 1.807) is 28.1 Å². The Morgan fingerprint density at radius 3 is 1.97 bits per heavy atom. The molecule has 0 aromatic heterocycles. The number of hydrogen-bond acceptors (Lipinski definition) is 6. The van der Waals surface area contributed by atoms with Crippen LogP contribution in [0.3, 0.4) is 0 Å². The third kappa shape index (κ3) is 12.5. The highest BCUT2D eigenvalue weighted by Gasteiger charge is 2.10. The molecule has 0 aliphatic rings. The molecule has 0 radical (unpaired) electrons. The highest BCUT2D eigenvalue weighted by Crippen LogP contribution is 2.21. The Bertz CT molecular complexity index is 800. The molecule has 0 amide bonds. The Labute approximate surface area is 185 Å². The van der Waals surface area contributed by atoms with Crippen LogP contribution >= 0.6 is 0 Å². The van der Waals surface area contributed by atoms with E-state index < -0.39 is 7.15 Å². The topological polar surface area (TPSA) is 71.1 Å². The van der Waals surface area contributed by atoms with Crippen LogP contribution in [0.15, 0.2) is 48.5 Å². The average Bonchev–Trinajstić information content (AvgIpc) is 2.76. The largest absolute Gasteiger partial charge is 0.468 e. The first-order valence-corrected chi connectivity index (χ1v) is 9.56. The molecule has 0 heterocycles. The Balaban J connectivity index is 0.000000536. The average molecular weight is 438 g/mol. The third-order valence-corrected chi connectivity index (χ3v) is 4.01. The fourth-order valence-electron chi connectivity index (χ4n) is 2.40. The molecule has 0 saturated heterocycles. The number of hydrogen-bond donors (Lipinski definition) is 0. The van der Waals surface area contributed by atoms with E-state index in [0.717, 1.165) is 22.6 Å². The molecular formula is C24H33FO6. The van der Waals surface area contributed by atoms with Crippen LogP contribution in [-0.4, -0.2) is 46.5 Å². The fraction of sp³-hybridized carbons (Fsp3) is 0.417. The molecule has 2 aromatic rings. The second kappa shape index (κ2) is 17.0. The lowest BCUT2D eigenvalue weighted by Gasteiger charge is -2.10. The molecule has 0 fully saturated rings. The number of Topliss-reactive ketones (excluding diaryl/α,β-unsaturated/α-hetero) is 2. The highest BCUT2D eigenvalue weighted by atomic mass is 19.1. The molecule has 31 heavy (non-hydrogen) atoms. The summed E-state index contributed by atoms with van der Waals surface area (Å²) in [6.45, 7) is 5.50. The maximum atomic E-state index is 11.2. The first kappa shape index (κ1) is 26.3. The summed E-state index contributed by atoms with van der Waals surface area (Å²) in [7, 11) is 2.14. The number of carbonyl (C=O) groups is 2. The van der Waals surface area contributed by atoms with Crippen LogP contribution in [0.1, 0.15) is 39.2 Å². The fourth-order valence-corrected chi connectivity index (χ4v) is 2.40. The van der Waals surface area contributed by atoms with Crippen LogP contribution in [-0.2, 0) is 25.5 Å². The predicted octanol–water partition coefficient (Wildman–Crippen LogP) is 4.75. The molecule has 6 nitrogen and oxygen atoms in total. The standard InChI is InChI=1S/C12H16O3.C11H14O3.CH3F/c1-9(10(2)13)11-5-4-6-12(7-11)15-8-14-3;1-9(12)6-10-4-3-5-11(7-10)14-8-13-2;1-2/h4-7,9H,8H2,1-3H3;3-5,7H,6,8H2,1-2H3;1H3/i;;1D. The maximum Gasteiger partial charge on any atom is 0.188 e. The molecule has 0 bridgehead atoms. The van der Waals surface area contributed by atoms with Gasteiger partial charge in [-0.2, -0.15) is 0 Å². The quantitative estimate of drug-likeness (QED) is 0.500. The van der Waals surface area contributed by atoms with Gasteiger partial charge >= 0.3 is 0 Å². The minimum Gasteiger partial charge on any atom is -0.468 e. The van der Waals surface area contributed by atoms with Crippen molar-refractivity contribution < 1.29 is 34.3 Å². The van der Waals surface area contributed by atoms with Crippen molar-refractivity contribution in [2.45, 2.75) is 33.1 Å². The van der Waals surface area contributed by atoms with Crippen molar-refractivity contribution in [1.82, 2.24) is 0 Å². The van der Waals surface area contributed by atoms with Crippen LogP contribution in [0, 0.1) is 0 Å². The summed E-state index contributed by atoms with van der Waals surface area (Å²) in [5.74, 6) is 1.66. The van der Waals surface area contributed by atoms with Gasteiger partial charge in [-0.1, -0.05) is 31.2 Å². The lowest BCUT2D eigenvalue weighted by Crippen LogP contribution is -2.05. The minimum absolute atomic E-state index is 0.0869. The SMILES string of the molecule is COCOc1cccc(C(C)C(C)=O)c1.COCOc1cccc(CC(C)=O)c1.[2H]CF. The van der Waals surface area contributed by atoms with Crippen LogP contribution in [0.2, 0.25) is 0 Å². The minimum atomic E-state index is -1.00.